The summed E-state index contributed by atoms with van der Waals surface area (Å²) in [5.74, 6) is 1.79. The standard InChI is InChI=1S/C21H22FN5O2/c22-16-4-3-14(28-11-13-1-2-13)9-18(16)26-21-20-17(24-12-25-21)5-6-19(27-20)29-15-7-8-23-10-15/h3-6,9,12-13,15,23H,1-2,7-8,10-11H2,(H,24,25,26)/t15-/m0/s1. The van der Waals surface area contributed by atoms with Crippen molar-refractivity contribution in [1.29, 1.82) is 0 Å². The summed E-state index contributed by atoms with van der Waals surface area (Å²) in [4.78, 5) is 13.1. The second-order valence-corrected chi connectivity index (χ2v) is 7.49. The van der Waals surface area contributed by atoms with E-state index in [2.05, 4.69) is 25.6 Å². The first-order valence-electron chi connectivity index (χ1n) is 9.93. The van der Waals surface area contributed by atoms with E-state index in [0.29, 0.717) is 41.0 Å². The Kier molecular flexibility index (Phi) is 4.85. The molecule has 0 radical (unpaired) electrons. The van der Waals surface area contributed by atoms with Crippen LogP contribution in [0.4, 0.5) is 15.9 Å². The Morgan fingerprint density at radius 1 is 1.14 bits per heavy atom. The van der Waals surface area contributed by atoms with Crippen LogP contribution >= 0.6 is 0 Å². The van der Waals surface area contributed by atoms with Gasteiger partial charge >= 0.3 is 0 Å². The van der Waals surface area contributed by atoms with Gasteiger partial charge < -0.3 is 20.1 Å². The molecule has 0 spiro atoms. The van der Waals surface area contributed by atoms with Crippen molar-refractivity contribution >= 4 is 22.5 Å². The molecule has 1 aliphatic heterocycles. The molecule has 8 heteroatoms. The maximum Gasteiger partial charge on any atom is 0.214 e. The first-order valence-corrected chi connectivity index (χ1v) is 9.93. The second-order valence-electron chi connectivity index (χ2n) is 7.49. The maximum absolute atomic E-state index is 14.4. The minimum atomic E-state index is -0.389. The van der Waals surface area contributed by atoms with Gasteiger partial charge in [0, 0.05) is 18.7 Å². The summed E-state index contributed by atoms with van der Waals surface area (Å²) in [5.41, 5.74) is 1.46. The highest BCUT2D eigenvalue weighted by Gasteiger charge is 2.22. The average molecular weight is 395 g/mol. The number of rotatable bonds is 7. The summed E-state index contributed by atoms with van der Waals surface area (Å²) in [6, 6.07) is 8.31. The third-order valence-electron chi connectivity index (χ3n) is 5.13. The van der Waals surface area contributed by atoms with E-state index < -0.39 is 0 Å². The number of nitrogens with one attached hydrogen (secondary N) is 2. The molecule has 5 rings (SSSR count). The largest absolute Gasteiger partial charge is 0.493 e. The number of hydrogen-bond donors (Lipinski definition) is 2. The van der Waals surface area contributed by atoms with Gasteiger partial charge in [0.25, 0.3) is 0 Å². The fourth-order valence-corrected chi connectivity index (χ4v) is 3.30. The molecule has 1 saturated heterocycles. The van der Waals surface area contributed by atoms with E-state index in [1.54, 1.807) is 18.2 Å². The molecule has 0 bridgehead atoms. The minimum Gasteiger partial charge on any atom is -0.493 e. The number of ether oxygens (including phenoxy) is 2. The molecule has 1 saturated carbocycles. The van der Waals surface area contributed by atoms with Gasteiger partial charge in [0.15, 0.2) is 5.82 Å². The zero-order valence-electron chi connectivity index (χ0n) is 15.9. The number of halogens is 1. The number of nitrogens with zero attached hydrogens (tertiary/aromatic N) is 3. The van der Waals surface area contributed by atoms with Gasteiger partial charge in [0.05, 0.1) is 17.8 Å². The van der Waals surface area contributed by atoms with Crippen molar-refractivity contribution in [3.63, 3.8) is 0 Å². The van der Waals surface area contributed by atoms with Crippen molar-refractivity contribution < 1.29 is 13.9 Å². The highest BCUT2D eigenvalue weighted by Crippen LogP contribution is 2.31. The van der Waals surface area contributed by atoms with Crippen LogP contribution in [0, 0.1) is 11.7 Å². The molecule has 1 aliphatic carbocycles. The molecule has 1 atom stereocenters. The van der Waals surface area contributed by atoms with Gasteiger partial charge in [-0.15, -0.1) is 0 Å². The van der Waals surface area contributed by atoms with Crippen molar-refractivity contribution in [2.75, 3.05) is 25.0 Å². The average Bonchev–Trinajstić information content (AvgIpc) is 3.43. The van der Waals surface area contributed by atoms with Gasteiger partial charge in [0.1, 0.15) is 29.5 Å². The SMILES string of the molecule is Fc1ccc(OCC2CC2)cc1Nc1ncnc2ccc(O[C@H]3CCNC3)nc12. The number of anilines is 2. The third kappa shape index (κ3) is 4.22. The topological polar surface area (TPSA) is 81.2 Å². The van der Waals surface area contributed by atoms with Gasteiger partial charge in [-0.25, -0.2) is 19.3 Å². The molecule has 1 aromatic carbocycles. The highest BCUT2D eigenvalue weighted by atomic mass is 19.1. The molecular formula is C21H22FN5O2. The van der Waals surface area contributed by atoms with Crippen LogP contribution in [0.3, 0.4) is 0 Å². The lowest BCUT2D eigenvalue weighted by Gasteiger charge is -2.14. The van der Waals surface area contributed by atoms with Crippen LogP contribution in [0.2, 0.25) is 0 Å². The molecule has 0 amide bonds. The van der Waals surface area contributed by atoms with Crippen LogP contribution in [0.5, 0.6) is 11.6 Å². The van der Waals surface area contributed by atoms with E-state index in [1.807, 2.05) is 6.07 Å². The van der Waals surface area contributed by atoms with E-state index >= 15 is 0 Å². The van der Waals surface area contributed by atoms with E-state index in [1.165, 1.54) is 25.2 Å². The van der Waals surface area contributed by atoms with Gasteiger partial charge in [0.2, 0.25) is 5.88 Å². The van der Waals surface area contributed by atoms with E-state index in [9.17, 15) is 4.39 Å². The minimum absolute atomic E-state index is 0.0960. The Morgan fingerprint density at radius 3 is 2.90 bits per heavy atom. The lowest BCUT2D eigenvalue weighted by molar-refractivity contribution is 0.215. The van der Waals surface area contributed by atoms with Crippen LogP contribution in [0.25, 0.3) is 11.0 Å². The Labute approximate surface area is 167 Å². The second kappa shape index (κ2) is 7.79. The van der Waals surface area contributed by atoms with Gasteiger partial charge in [-0.1, -0.05) is 0 Å². The number of fused-ring (bicyclic) bond motifs is 1. The zero-order chi connectivity index (χ0) is 19.6. The molecule has 3 aromatic rings. The quantitative estimate of drug-likeness (QED) is 0.634. The van der Waals surface area contributed by atoms with Crippen molar-refractivity contribution in [2.24, 2.45) is 5.92 Å². The smallest absolute Gasteiger partial charge is 0.214 e. The highest BCUT2D eigenvalue weighted by molar-refractivity contribution is 5.87. The monoisotopic (exact) mass is 395 g/mol. The van der Waals surface area contributed by atoms with Crippen LogP contribution in [0.15, 0.2) is 36.7 Å². The molecule has 29 heavy (non-hydrogen) atoms. The molecular weight excluding hydrogens is 373 g/mol. The normalized spacial score (nSPS) is 18.7. The summed E-state index contributed by atoms with van der Waals surface area (Å²) < 4.78 is 26.1. The van der Waals surface area contributed by atoms with Gasteiger partial charge in [-0.3, -0.25) is 0 Å². The molecule has 2 fully saturated rings. The van der Waals surface area contributed by atoms with Crippen LogP contribution < -0.4 is 20.1 Å². The van der Waals surface area contributed by atoms with E-state index in [0.717, 1.165) is 19.5 Å². The van der Waals surface area contributed by atoms with E-state index in [-0.39, 0.29) is 17.6 Å². The molecule has 2 N–H and O–H groups in total. The fourth-order valence-electron chi connectivity index (χ4n) is 3.30. The Bertz CT molecular complexity index is 1020. The van der Waals surface area contributed by atoms with Crippen LogP contribution in [0.1, 0.15) is 19.3 Å². The lowest BCUT2D eigenvalue weighted by atomic mass is 10.2. The van der Waals surface area contributed by atoms with Gasteiger partial charge in [-0.2, -0.15) is 0 Å². The summed E-state index contributed by atoms with van der Waals surface area (Å²) in [6.45, 7) is 2.40. The Hall–Kier alpha value is -3.00. The number of hydrogen-bond acceptors (Lipinski definition) is 7. The van der Waals surface area contributed by atoms with Crippen molar-refractivity contribution in [2.45, 2.75) is 25.4 Å². The lowest BCUT2D eigenvalue weighted by Crippen LogP contribution is -2.20. The molecule has 150 valence electrons. The Morgan fingerprint density at radius 2 is 2.07 bits per heavy atom. The first-order chi connectivity index (χ1) is 14.2. The van der Waals surface area contributed by atoms with Crippen LogP contribution in [-0.4, -0.2) is 40.8 Å². The predicted octanol–water partition coefficient (Wildman–Crippen LogP) is 3.44. The maximum atomic E-state index is 14.4. The molecule has 2 aliphatic rings. The van der Waals surface area contributed by atoms with Crippen LogP contribution in [-0.2, 0) is 0 Å². The fraction of sp³-hybridized carbons (Fsp3) is 0.381. The zero-order valence-corrected chi connectivity index (χ0v) is 15.9. The predicted molar refractivity (Wildman–Crippen MR) is 107 cm³/mol. The van der Waals surface area contributed by atoms with Crippen molar-refractivity contribution in [3.8, 4) is 11.6 Å². The first kappa shape index (κ1) is 18.1. The van der Waals surface area contributed by atoms with Crippen molar-refractivity contribution in [1.82, 2.24) is 20.3 Å². The molecule has 7 nitrogen and oxygen atoms in total. The van der Waals surface area contributed by atoms with Crippen molar-refractivity contribution in [3.05, 3.63) is 42.5 Å². The summed E-state index contributed by atoms with van der Waals surface area (Å²) >= 11 is 0. The number of benzene rings is 1. The Balaban J connectivity index is 1.40. The number of pyridine rings is 1. The van der Waals surface area contributed by atoms with E-state index in [4.69, 9.17) is 9.47 Å². The molecule has 0 unspecified atom stereocenters. The number of aromatic nitrogens is 3. The third-order valence-corrected chi connectivity index (χ3v) is 5.13. The van der Waals surface area contributed by atoms with Gasteiger partial charge in [-0.05, 0) is 49.9 Å². The molecule has 2 aromatic heterocycles. The summed E-state index contributed by atoms with van der Waals surface area (Å²) in [6.07, 6.45) is 4.87. The summed E-state index contributed by atoms with van der Waals surface area (Å²) in [5, 5.41) is 6.31. The molecule has 3 heterocycles. The summed E-state index contributed by atoms with van der Waals surface area (Å²) in [7, 11) is 0.